The van der Waals surface area contributed by atoms with Crippen molar-refractivity contribution in [1.82, 2.24) is 24.1 Å². The molecule has 4 heterocycles. The van der Waals surface area contributed by atoms with Gasteiger partial charge in [-0.15, -0.1) is 11.3 Å². The molecule has 10 aromatic carbocycles. The summed E-state index contributed by atoms with van der Waals surface area (Å²) >= 11 is 1.85. The zero-order chi connectivity index (χ0) is 45.4. The lowest BCUT2D eigenvalue weighted by Gasteiger charge is -2.10. The van der Waals surface area contributed by atoms with E-state index in [4.69, 9.17) is 15.0 Å². The number of hydrogen-bond donors (Lipinski definition) is 0. The minimum Gasteiger partial charge on any atom is -0.309 e. The van der Waals surface area contributed by atoms with Crippen molar-refractivity contribution >= 4 is 75.1 Å². The maximum atomic E-state index is 5.04. The molecule has 14 aromatic rings. The summed E-state index contributed by atoms with van der Waals surface area (Å²) in [6.45, 7) is 0. The maximum Gasteiger partial charge on any atom is 0.164 e. The third kappa shape index (κ3) is 6.49. The average molecular weight is 898 g/mol. The normalized spacial score (nSPS) is 11.8. The van der Waals surface area contributed by atoms with E-state index < -0.39 is 0 Å². The summed E-state index contributed by atoms with van der Waals surface area (Å²) in [6, 6.07) is 84.6. The second-order valence-corrected chi connectivity index (χ2v) is 18.6. The first kappa shape index (κ1) is 39.2. The first-order valence-corrected chi connectivity index (χ1v) is 24.1. The zero-order valence-corrected chi connectivity index (χ0v) is 38.0. The molecule has 0 saturated heterocycles. The second-order valence-electron chi connectivity index (χ2n) is 17.6. The Bertz CT molecular complexity index is 4240. The van der Waals surface area contributed by atoms with Gasteiger partial charge >= 0.3 is 0 Å². The zero-order valence-electron chi connectivity index (χ0n) is 37.2. The lowest BCUT2D eigenvalue weighted by Crippen LogP contribution is -2.00. The summed E-state index contributed by atoms with van der Waals surface area (Å²) in [7, 11) is 0. The van der Waals surface area contributed by atoms with E-state index in [1.165, 1.54) is 80.5 Å². The highest BCUT2D eigenvalue weighted by Gasteiger charge is 2.19. The van der Waals surface area contributed by atoms with Crippen LogP contribution in [0.25, 0.3) is 132 Å². The molecule has 4 aromatic heterocycles. The highest BCUT2D eigenvalue weighted by Crippen LogP contribution is 2.43. The summed E-state index contributed by atoms with van der Waals surface area (Å²) in [6.07, 6.45) is 0. The number of nitrogens with zero attached hydrogens (tertiary/aromatic N) is 5. The Hall–Kier alpha value is -8.97. The van der Waals surface area contributed by atoms with E-state index in [2.05, 4.69) is 185 Å². The molecule has 0 saturated carbocycles. The first-order chi connectivity index (χ1) is 34.2. The predicted molar refractivity (Wildman–Crippen MR) is 289 cm³/mol. The van der Waals surface area contributed by atoms with Crippen LogP contribution in [0.4, 0.5) is 0 Å². The monoisotopic (exact) mass is 897 g/mol. The van der Waals surface area contributed by atoms with E-state index in [9.17, 15) is 0 Å². The maximum absolute atomic E-state index is 5.04. The van der Waals surface area contributed by atoms with Gasteiger partial charge in [-0.2, -0.15) is 0 Å². The van der Waals surface area contributed by atoms with Crippen LogP contribution < -0.4 is 0 Å². The predicted octanol–water partition coefficient (Wildman–Crippen LogP) is 16.8. The molecule has 0 aliphatic heterocycles. The van der Waals surface area contributed by atoms with Crippen molar-refractivity contribution in [2.75, 3.05) is 0 Å². The van der Waals surface area contributed by atoms with Crippen LogP contribution in [-0.4, -0.2) is 24.1 Å². The first-order valence-electron chi connectivity index (χ1n) is 23.3. The van der Waals surface area contributed by atoms with Gasteiger partial charge in [0, 0.05) is 69.8 Å². The average Bonchev–Trinajstić information content (AvgIpc) is 4.08. The number of aromatic nitrogens is 5. The smallest absolute Gasteiger partial charge is 0.164 e. The van der Waals surface area contributed by atoms with Gasteiger partial charge in [0.1, 0.15) is 0 Å². The second kappa shape index (κ2) is 15.8. The molecule has 0 aliphatic carbocycles. The van der Waals surface area contributed by atoms with Gasteiger partial charge in [0.15, 0.2) is 17.5 Å². The fraction of sp³-hybridized carbons (Fsp3) is 0. The molecule has 322 valence electrons. The van der Waals surface area contributed by atoms with Crippen LogP contribution in [0.3, 0.4) is 0 Å². The van der Waals surface area contributed by atoms with E-state index >= 15 is 0 Å². The molecule has 0 aliphatic rings. The van der Waals surface area contributed by atoms with Crippen molar-refractivity contribution in [2.45, 2.75) is 0 Å². The molecule has 14 rings (SSSR count). The van der Waals surface area contributed by atoms with Crippen LogP contribution in [0.15, 0.2) is 237 Å². The topological polar surface area (TPSA) is 48.5 Å². The number of fused-ring (bicyclic) bond motifs is 9. The molecule has 0 amide bonds. The van der Waals surface area contributed by atoms with Crippen LogP contribution in [0.5, 0.6) is 0 Å². The number of rotatable bonds is 7. The molecule has 0 unspecified atom stereocenters. The fourth-order valence-corrected chi connectivity index (χ4v) is 11.6. The van der Waals surface area contributed by atoms with Crippen LogP contribution in [-0.2, 0) is 0 Å². The Morgan fingerprint density at radius 1 is 0.275 bits per heavy atom. The number of thiophene rings is 1. The van der Waals surface area contributed by atoms with Gasteiger partial charge < -0.3 is 9.13 Å². The highest BCUT2D eigenvalue weighted by atomic mass is 32.1. The number of para-hydroxylation sites is 3. The van der Waals surface area contributed by atoms with E-state index in [0.717, 1.165) is 33.6 Å². The molecular formula is C63H39N5S. The summed E-state index contributed by atoms with van der Waals surface area (Å²) in [4.78, 5) is 15.0. The fourth-order valence-electron chi connectivity index (χ4n) is 10.4. The number of hydrogen-bond acceptors (Lipinski definition) is 4. The molecule has 0 radical (unpaired) electrons. The largest absolute Gasteiger partial charge is 0.309 e. The summed E-state index contributed by atoms with van der Waals surface area (Å²) in [5.74, 6) is 1.94. The molecular weight excluding hydrogens is 859 g/mol. The van der Waals surface area contributed by atoms with Gasteiger partial charge in [-0.3, -0.25) is 0 Å². The quantitative estimate of drug-likeness (QED) is 0.160. The minimum atomic E-state index is 0.643. The third-order valence-electron chi connectivity index (χ3n) is 13.6. The Kier molecular flexibility index (Phi) is 9.00. The summed E-state index contributed by atoms with van der Waals surface area (Å²) in [5, 5.41) is 7.45. The van der Waals surface area contributed by atoms with E-state index in [1.807, 2.05) is 72.0 Å². The Morgan fingerprint density at radius 2 is 0.754 bits per heavy atom. The standard InChI is InChI=1S/C63H39N5S/c1-4-16-40(17-5-1)61-64-62(41-18-6-2-7-19-41)66-63(65-61)45-21-14-20-44(36-45)48-26-15-27-51-54-39-47(32-35-59(54)69-60(48)51)68-56-29-13-11-25-50(56)53-38-43(31-34-58(53)68)42-30-33-57-52(37-42)49-24-10-12-28-55(49)67(57)46-22-8-3-9-23-46/h1-39H. The van der Waals surface area contributed by atoms with Gasteiger partial charge in [-0.25, -0.2) is 15.0 Å². The van der Waals surface area contributed by atoms with Crippen molar-refractivity contribution in [3.05, 3.63) is 237 Å². The van der Waals surface area contributed by atoms with E-state index in [0.29, 0.717) is 17.5 Å². The number of benzene rings is 10. The van der Waals surface area contributed by atoms with Gasteiger partial charge in [-0.05, 0) is 95.1 Å². The van der Waals surface area contributed by atoms with Gasteiger partial charge in [0.25, 0.3) is 0 Å². The van der Waals surface area contributed by atoms with Crippen molar-refractivity contribution in [1.29, 1.82) is 0 Å². The third-order valence-corrected chi connectivity index (χ3v) is 14.8. The molecule has 6 heteroatoms. The van der Waals surface area contributed by atoms with Crippen LogP contribution in [0.1, 0.15) is 0 Å². The lowest BCUT2D eigenvalue weighted by molar-refractivity contribution is 1.07. The highest BCUT2D eigenvalue weighted by molar-refractivity contribution is 7.26. The molecule has 0 N–H and O–H groups in total. The van der Waals surface area contributed by atoms with Crippen LogP contribution in [0, 0.1) is 0 Å². The molecule has 0 bridgehead atoms. The minimum absolute atomic E-state index is 0.643. The Balaban J connectivity index is 0.861. The molecule has 0 atom stereocenters. The SMILES string of the molecule is c1ccc(-c2nc(-c3ccccc3)nc(-c3cccc(-c4cccc5c4sc4ccc(-n6c7ccccc7c7cc(-c8ccc9c(c8)c8ccccc8n9-c8ccccc8)ccc76)cc45)c3)n2)cc1. The van der Waals surface area contributed by atoms with Gasteiger partial charge in [0.05, 0.1) is 22.1 Å². The van der Waals surface area contributed by atoms with Crippen LogP contribution >= 0.6 is 11.3 Å². The molecule has 0 fully saturated rings. The van der Waals surface area contributed by atoms with Gasteiger partial charge in [-0.1, -0.05) is 164 Å². The van der Waals surface area contributed by atoms with Crippen molar-refractivity contribution < 1.29 is 0 Å². The Morgan fingerprint density at radius 3 is 1.38 bits per heavy atom. The molecule has 0 spiro atoms. The lowest BCUT2D eigenvalue weighted by atomic mass is 10.0. The molecule has 69 heavy (non-hydrogen) atoms. The van der Waals surface area contributed by atoms with Crippen molar-refractivity contribution in [3.8, 4) is 67.8 Å². The van der Waals surface area contributed by atoms with E-state index in [-0.39, 0.29) is 0 Å². The van der Waals surface area contributed by atoms with Crippen LogP contribution in [0.2, 0.25) is 0 Å². The van der Waals surface area contributed by atoms with E-state index in [1.54, 1.807) is 0 Å². The summed E-state index contributed by atoms with van der Waals surface area (Å²) < 4.78 is 7.31. The molecule has 5 nitrogen and oxygen atoms in total. The Labute approximate surface area is 401 Å². The summed E-state index contributed by atoms with van der Waals surface area (Å²) in [5.41, 5.74) is 14.6. The van der Waals surface area contributed by atoms with Crippen molar-refractivity contribution in [3.63, 3.8) is 0 Å². The van der Waals surface area contributed by atoms with Crippen molar-refractivity contribution in [2.24, 2.45) is 0 Å². The van der Waals surface area contributed by atoms with Gasteiger partial charge in [0.2, 0.25) is 0 Å².